The van der Waals surface area contributed by atoms with Crippen LogP contribution in [0.5, 0.6) is 5.75 Å². The number of fused-ring (bicyclic) bond motifs is 2. The van der Waals surface area contributed by atoms with Crippen molar-refractivity contribution in [3.8, 4) is 5.75 Å². The Labute approximate surface area is 217 Å². The van der Waals surface area contributed by atoms with Crippen LogP contribution in [0, 0.1) is 23.0 Å². The number of imide groups is 1. The number of non-ortho nitro benzene ring substituents is 1. The Balaban J connectivity index is 1.64. The molecular weight excluding hydrogens is 522 g/mol. The SMILES string of the molecule is Cc1ccccc1COc1ccc([N+](=O)[O-])cc1[C@@H]1c2sc(=O)[nH]c2SC2C(=O)N(CC(=O)O)C(=O)C21. The number of aromatic amines is 1. The molecule has 2 unspecified atom stereocenters. The number of nitrogens with zero attached hydrogens (tertiary/aromatic N) is 2. The zero-order chi connectivity index (χ0) is 26.4. The fraction of sp³-hybridized carbons (Fsp3) is 0.250. The van der Waals surface area contributed by atoms with Gasteiger partial charge in [0.2, 0.25) is 11.8 Å². The zero-order valence-electron chi connectivity index (χ0n) is 19.2. The monoisotopic (exact) mass is 541 g/mol. The van der Waals surface area contributed by atoms with Gasteiger partial charge in [-0.05, 0) is 24.1 Å². The second-order valence-corrected chi connectivity index (χ2v) is 10.8. The number of amides is 2. The number of nitro groups is 1. The van der Waals surface area contributed by atoms with Crippen molar-refractivity contribution >= 4 is 46.6 Å². The van der Waals surface area contributed by atoms with Gasteiger partial charge in [0, 0.05) is 28.5 Å². The third-order valence-corrected chi connectivity index (χ3v) is 8.79. The number of thioether (sulfide) groups is 1. The third-order valence-electron chi connectivity index (χ3n) is 6.39. The highest BCUT2D eigenvalue weighted by Crippen LogP contribution is 2.54. The van der Waals surface area contributed by atoms with Crippen molar-refractivity contribution in [1.82, 2.24) is 9.88 Å². The van der Waals surface area contributed by atoms with E-state index in [-0.39, 0.29) is 23.6 Å². The fourth-order valence-electron chi connectivity index (χ4n) is 4.65. The summed E-state index contributed by atoms with van der Waals surface area (Å²) in [5.41, 5.74) is 1.88. The van der Waals surface area contributed by atoms with E-state index in [0.29, 0.717) is 14.8 Å². The summed E-state index contributed by atoms with van der Waals surface area (Å²) in [4.78, 5) is 64.6. The normalized spacial score (nSPS) is 20.5. The van der Waals surface area contributed by atoms with Gasteiger partial charge in [-0.25, -0.2) is 0 Å². The van der Waals surface area contributed by atoms with Crippen molar-refractivity contribution in [3.05, 3.63) is 83.8 Å². The molecule has 0 radical (unpaired) electrons. The summed E-state index contributed by atoms with van der Waals surface area (Å²) in [5.74, 6) is -4.49. The van der Waals surface area contributed by atoms with Gasteiger partial charge >= 0.3 is 10.8 Å². The number of rotatable bonds is 7. The lowest BCUT2D eigenvalue weighted by atomic mass is 9.82. The van der Waals surface area contributed by atoms with Crippen LogP contribution in [0.4, 0.5) is 5.69 Å². The van der Waals surface area contributed by atoms with E-state index in [4.69, 9.17) is 4.74 Å². The number of H-pyrrole nitrogens is 1. The molecule has 13 heteroatoms. The number of nitrogens with one attached hydrogen (secondary N) is 1. The molecule has 1 saturated heterocycles. The van der Waals surface area contributed by atoms with Gasteiger partial charge in [-0.1, -0.05) is 47.4 Å². The van der Waals surface area contributed by atoms with Gasteiger partial charge in [0.15, 0.2) is 0 Å². The van der Waals surface area contributed by atoms with Crippen molar-refractivity contribution in [2.75, 3.05) is 6.54 Å². The van der Waals surface area contributed by atoms with E-state index in [1.54, 1.807) is 0 Å². The van der Waals surface area contributed by atoms with Gasteiger partial charge in [0.1, 0.15) is 24.2 Å². The fourth-order valence-corrected chi connectivity index (χ4v) is 7.18. The molecule has 1 aromatic heterocycles. The number of likely N-dealkylation sites (tertiary alicyclic amines) is 1. The molecule has 2 amide bonds. The number of carbonyl (C=O) groups is 3. The molecule has 2 aromatic carbocycles. The van der Waals surface area contributed by atoms with E-state index < -0.39 is 51.2 Å². The van der Waals surface area contributed by atoms with E-state index in [2.05, 4.69) is 4.98 Å². The third kappa shape index (κ3) is 4.40. The number of aliphatic carboxylic acids is 1. The van der Waals surface area contributed by atoms with Crippen LogP contribution in [-0.2, 0) is 21.0 Å². The Morgan fingerprint density at radius 2 is 1.95 bits per heavy atom. The largest absolute Gasteiger partial charge is 0.489 e. The van der Waals surface area contributed by atoms with E-state index in [9.17, 15) is 34.4 Å². The molecule has 0 spiro atoms. The second-order valence-electron chi connectivity index (χ2n) is 8.60. The molecule has 2 N–H and O–H groups in total. The summed E-state index contributed by atoms with van der Waals surface area (Å²) in [7, 11) is 0. The lowest BCUT2D eigenvalue weighted by molar-refractivity contribution is -0.385. The maximum Gasteiger partial charge on any atom is 0.323 e. The molecule has 0 bridgehead atoms. The van der Waals surface area contributed by atoms with Gasteiger partial charge in [0.05, 0.1) is 15.9 Å². The molecule has 3 aromatic rings. The van der Waals surface area contributed by atoms with Gasteiger partial charge in [0.25, 0.3) is 5.69 Å². The van der Waals surface area contributed by atoms with Crippen LogP contribution in [0.15, 0.2) is 52.3 Å². The number of carboxylic acid groups (broad SMARTS) is 1. The van der Waals surface area contributed by atoms with E-state index in [0.717, 1.165) is 34.2 Å². The van der Waals surface area contributed by atoms with Crippen LogP contribution in [-0.4, -0.2) is 49.5 Å². The highest BCUT2D eigenvalue weighted by Gasteiger charge is 2.56. The van der Waals surface area contributed by atoms with Crippen molar-refractivity contribution in [2.45, 2.75) is 29.7 Å². The first-order chi connectivity index (χ1) is 17.7. The molecule has 0 saturated carbocycles. The minimum absolute atomic E-state index is 0.140. The van der Waals surface area contributed by atoms with Gasteiger partial charge in [-0.2, -0.15) is 0 Å². The maximum atomic E-state index is 13.4. The van der Waals surface area contributed by atoms with Crippen LogP contribution in [0.1, 0.15) is 27.5 Å². The summed E-state index contributed by atoms with van der Waals surface area (Å²) in [6.45, 7) is 1.26. The molecule has 0 aliphatic carbocycles. The van der Waals surface area contributed by atoms with Crippen LogP contribution >= 0.6 is 23.1 Å². The van der Waals surface area contributed by atoms with Crippen LogP contribution in [0.3, 0.4) is 0 Å². The van der Waals surface area contributed by atoms with Crippen molar-refractivity contribution in [1.29, 1.82) is 0 Å². The Morgan fingerprint density at radius 1 is 1.19 bits per heavy atom. The first-order valence-corrected chi connectivity index (χ1v) is 12.8. The van der Waals surface area contributed by atoms with Crippen LogP contribution < -0.4 is 9.61 Å². The van der Waals surface area contributed by atoms with Gasteiger partial charge in [-0.15, -0.1) is 0 Å². The number of carbonyl (C=O) groups excluding carboxylic acids is 2. The number of thiazole rings is 1. The van der Waals surface area contributed by atoms with Crippen molar-refractivity contribution in [2.24, 2.45) is 5.92 Å². The Hall–Kier alpha value is -3.97. The number of ether oxygens (including phenoxy) is 1. The first-order valence-electron chi connectivity index (χ1n) is 11.1. The Kier molecular flexibility index (Phi) is 6.33. The minimum Gasteiger partial charge on any atom is -0.489 e. The summed E-state index contributed by atoms with van der Waals surface area (Å²) in [6.07, 6.45) is 0. The lowest BCUT2D eigenvalue weighted by Gasteiger charge is -2.30. The molecule has 2 aliphatic heterocycles. The average Bonchev–Trinajstić information content (AvgIpc) is 3.34. The number of nitro benzene ring substituents is 1. The number of hydrogen-bond acceptors (Lipinski definition) is 9. The van der Waals surface area contributed by atoms with E-state index >= 15 is 0 Å². The molecule has 37 heavy (non-hydrogen) atoms. The molecule has 190 valence electrons. The van der Waals surface area contributed by atoms with Gasteiger partial charge in [-0.3, -0.25) is 34.2 Å². The lowest BCUT2D eigenvalue weighted by Crippen LogP contribution is -2.36. The topological polar surface area (TPSA) is 160 Å². The quantitative estimate of drug-likeness (QED) is 0.260. The van der Waals surface area contributed by atoms with Crippen LogP contribution in [0.25, 0.3) is 0 Å². The standard InChI is InChI=1S/C24H19N3O8S2/c1-11-4-2-3-5-12(11)10-35-15-7-6-13(27(33)34)8-14(15)17-18-20(36-21-19(17)37-24(32)25-21)23(31)26(22(18)30)9-16(28)29/h2-8,17-18,20H,9-10H2,1H3,(H,25,32)(H,28,29)/t17-,18?,20?/m0/s1. The molecule has 3 heterocycles. The summed E-state index contributed by atoms with van der Waals surface area (Å²) < 4.78 is 6.10. The molecule has 1 fully saturated rings. The predicted molar refractivity (Wildman–Crippen MR) is 133 cm³/mol. The Bertz CT molecular complexity index is 1510. The maximum absolute atomic E-state index is 13.4. The van der Waals surface area contributed by atoms with Crippen molar-refractivity contribution < 1.29 is 29.2 Å². The van der Waals surface area contributed by atoms with E-state index in [1.165, 1.54) is 18.2 Å². The minimum atomic E-state index is -1.34. The number of hydrogen-bond donors (Lipinski definition) is 2. The van der Waals surface area contributed by atoms with Gasteiger partial charge < -0.3 is 14.8 Å². The predicted octanol–water partition coefficient (Wildman–Crippen LogP) is 2.91. The summed E-state index contributed by atoms with van der Waals surface area (Å²) >= 11 is 1.84. The molecule has 2 aliphatic rings. The number of carboxylic acids is 1. The molecule has 3 atom stereocenters. The van der Waals surface area contributed by atoms with E-state index in [1.807, 2.05) is 31.2 Å². The van der Waals surface area contributed by atoms with Crippen LogP contribution in [0.2, 0.25) is 0 Å². The second kappa shape index (κ2) is 9.48. The highest BCUT2D eigenvalue weighted by molar-refractivity contribution is 8.00. The average molecular weight is 542 g/mol. The zero-order valence-corrected chi connectivity index (χ0v) is 20.8. The molecule has 11 nitrogen and oxygen atoms in total. The molecule has 5 rings (SSSR count). The number of benzene rings is 2. The molecular formula is C24H19N3O8S2. The van der Waals surface area contributed by atoms with Crippen molar-refractivity contribution in [3.63, 3.8) is 0 Å². The number of aromatic nitrogens is 1. The highest BCUT2D eigenvalue weighted by atomic mass is 32.2. The summed E-state index contributed by atoms with van der Waals surface area (Å²) in [5, 5.41) is 20.3. The smallest absolute Gasteiger partial charge is 0.323 e. The summed E-state index contributed by atoms with van der Waals surface area (Å²) in [6, 6.07) is 11.6. The Morgan fingerprint density at radius 3 is 2.65 bits per heavy atom. The first kappa shape index (κ1) is 24.7. The number of aryl methyl sites for hydroxylation is 1.